The van der Waals surface area contributed by atoms with E-state index < -0.39 is 43.3 Å². The van der Waals surface area contributed by atoms with Crippen LogP contribution in [0.3, 0.4) is 0 Å². The number of methoxy groups -OCH3 is 1. The number of nitrogens with two attached hydrogens (primary N) is 1. The normalized spacial score (nSPS) is 39.7. The molecule has 13 nitrogen and oxygen atoms in total. The molecule has 274 valence electrons. The van der Waals surface area contributed by atoms with Crippen molar-refractivity contribution in [3.8, 4) is 0 Å². The van der Waals surface area contributed by atoms with E-state index in [0.29, 0.717) is 56.9 Å². The molecule has 14 atom stereocenters. The summed E-state index contributed by atoms with van der Waals surface area (Å²) in [5, 5.41) is 58.0. The lowest BCUT2D eigenvalue weighted by Crippen LogP contribution is -2.52. The van der Waals surface area contributed by atoms with E-state index in [9.17, 15) is 30.3 Å². The minimum atomic E-state index is -0.838. The van der Waals surface area contributed by atoms with Crippen LogP contribution in [-0.2, 0) is 23.7 Å². The van der Waals surface area contributed by atoms with Gasteiger partial charge in [-0.15, -0.1) is 0 Å². The van der Waals surface area contributed by atoms with E-state index in [1.807, 2.05) is 6.92 Å². The molecule has 0 aromatic heterocycles. The minimum Gasteiger partial charge on any atom is -0.481 e. The van der Waals surface area contributed by atoms with Gasteiger partial charge in [0.15, 0.2) is 0 Å². The zero-order valence-corrected chi connectivity index (χ0v) is 28.5. The van der Waals surface area contributed by atoms with E-state index in [0.717, 1.165) is 45.1 Å². The maximum Gasteiger partial charge on any atom is 0.303 e. The van der Waals surface area contributed by atoms with Gasteiger partial charge in [-0.1, -0.05) is 6.92 Å². The lowest BCUT2D eigenvalue weighted by molar-refractivity contribution is -0.178. The summed E-state index contributed by atoms with van der Waals surface area (Å²) in [5.41, 5.74) is 6.14. The molecule has 4 fully saturated rings. The standard InChI is InChI=1S/C34H63N3O10/c1-3-36-26(22(15-33(41)42)10-21-8-9-37-32(35)12-21)18-45-31-14-23(13-30(44-2)34(31)43)28-17-24(39)16-25(47-28)6-4-20-5-7-27(40)29(11-20)46-19-38/h20-32,34,36-40,43H,3-19,35H2,1-2H3,(H,41,42)/t20?,21?,22-,23?,24-,25-,26+,27?,28+,29?,30?,31?,32?,34?/m0/s1. The highest BCUT2D eigenvalue weighted by atomic mass is 16.6. The quantitative estimate of drug-likeness (QED) is 0.102. The number of rotatable bonds is 17. The first kappa shape index (κ1) is 38.8. The first-order valence-corrected chi connectivity index (χ1v) is 18.1. The monoisotopic (exact) mass is 673 g/mol. The second-order valence-corrected chi connectivity index (χ2v) is 14.7. The van der Waals surface area contributed by atoms with E-state index in [-0.39, 0.29) is 55.4 Å². The third-order valence-corrected chi connectivity index (χ3v) is 11.3. The van der Waals surface area contributed by atoms with Crippen molar-refractivity contribution >= 4 is 5.97 Å². The minimum absolute atomic E-state index is 0.0154. The van der Waals surface area contributed by atoms with Crippen molar-refractivity contribution in [3.63, 3.8) is 0 Å². The molecule has 9 unspecified atom stereocenters. The van der Waals surface area contributed by atoms with Crippen molar-refractivity contribution in [1.29, 1.82) is 0 Å². The van der Waals surface area contributed by atoms with Crippen molar-refractivity contribution in [3.05, 3.63) is 0 Å². The second kappa shape index (κ2) is 19.4. The van der Waals surface area contributed by atoms with Crippen molar-refractivity contribution < 1.29 is 49.3 Å². The fraction of sp³-hybridized carbons (Fsp3) is 0.971. The summed E-state index contributed by atoms with van der Waals surface area (Å²) in [6.07, 6.45) is 5.14. The average molecular weight is 674 g/mol. The van der Waals surface area contributed by atoms with Crippen molar-refractivity contribution in [1.82, 2.24) is 10.6 Å². The van der Waals surface area contributed by atoms with Gasteiger partial charge in [-0.25, -0.2) is 0 Å². The van der Waals surface area contributed by atoms with Crippen LogP contribution in [0.5, 0.6) is 0 Å². The molecule has 2 saturated carbocycles. The summed E-state index contributed by atoms with van der Waals surface area (Å²) < 4.78 is 24.2. The van der Waals surface area contributed by atoms with Crippen LogP contribution >= 0.6 is 0 Å². The molecule has 0 aromatic rings. The Morgan fingerprint density at radius 2 is 1.77 bits per heavy atom. The van der Waals surface area contributed by atoms with Crippen LogP contribution in [0.1, 0.15) is 90.4 Å². The van der Waals surface area contributed by atoms with Gasteiger partial charge in [0.25, 0.3) is 0 Å². The van der Waals surface area contributed by atoms with Crippen LogP contribution in [0.25, 0.3) is 0 Å². The molecule has 13 heteroatoms. The Kier molecular flexibility index (Phi) is 16.1. The molecule has 47 heavy (non-hydrogen) atoms. The van der Waals surface area contributed by atoms with Crippen LogP contribution in [0.4, 0.5) is 0 Å². The average Bonchev–Trinajstić information content (AvgIpc) is 3.03. The van der Waals surface area contributed by atoms with Gasteiger partial charge in [0.2, 0.25) is 0 Å². The SMILES string of the molecule is CCN[C@H](COC1CC([C@H]2C[C@@H](O)C[C@H](CCC3CCC(O)C(OCO)C3)O2)CC(OC)C1O)[C@H](CC(=O)O)CC1CCNC(N)C1. The van der Waals surface area contributed by atoms with E-state index in [1.165, 1.54) is 0 Å². The third kappa shape index (κ3) is 11.8. The molecule has 2 aliphatic heterocycles. The number of carboxylic acids is 1. The van der Waals surface area contributed by atoms with Crippen LogP contribution in [0.15, 0.2) is 0 Å². The van der Waals surface area contributed by atoms with E-state index in [1.54, 1.807) is 7.11 Å². The molecule has 0 aromatic carbocycles. The predicted octanol–water partition coefficient (Wildman–Crippen LogP) is 1.09. The smallest absolute Gasteiger partial charge is 0.303 e. The summed E-state index contributed by atoms with van der Waals surface area (Å²) in [7, 11) is 1.59. The van der Waals surface area contributed by atoms with Crippen LogP contribution < -0.4 is 16.4 Å². The fourth-order valence-electron chi connectivity index (χ4n) is 8.73. The number of carboxylic acid groups (broad SMARTS) is 1. The van der Waals surface area contributed by atoms with Gasteiger partial charge in [0, 0.05) is 19.6 Å². The lowest BCUT2D eigenvalue weighted by atomic mass is 9.77. The van der Waals surface area contributed by atoms with E-state index in [4.69, 9.17) is 24.7 Å². The summed E-state index contributed by atoms with van der Waals surface area (Å²) in [6, 6.07) is -0.198. The van der Waals surface area contributed by atoms with Gasteiger partial charge < -0.3 is 60.8 Å². The van der Waals surface area contributed by atoms with Gasteiger partial charge in [-0.05, 0) is 114 Å². The molecule has 2 saturated heterocycles. The van der Waals surface area contributed by atoms with Gasteiger partial charge in [0.1, 0.15) is 12.9 Å². The number of hydrogen-bond donors (Lipinski definition) is 8. The van der Waals surface area contributed by atoms with Crippen LogP contribution in [0, 0.1) is 23.7 Å². The van der Waals surface area contributed by atoms with Gasteiger partial charge in [0.05, 0.1) is 55.5 Å². The van der Waals surface area contributed by atoms with E-state index in [2.05, 4.69) is 10.6 Å². The Balaban J connectivity index is 1.36. The van der Waals surface area contributed by atoms with Crippen molar-refractivity contribution in [2.45, 2.75) is 151 Å². The Bertz CT molecular complexity index is 919. The fourth-order valence-corrected chi connectivity index (χ4v) is 8.73. The number of piperidine rings is 1. The lowest BCUT2D eigenvalue weighted by Gasteiger charge is -2.45. The number of aliphatic hydroxyl groups excluding tert-OH is 4. The number of nitrogens with one attached hydrogen (secondary N) is 2. The molecule has 0 radical (unpaired) electrons. The Morgan fingerprint density at radius 3 is 2.47 bits per heavy atom. The Hall–Kier alpha value is -0.970. The molecule has 0 bridgehead atoms. The summed E-state index contributed by atoms with van der Waals surface area (Å²) in [4.78, 5) is 11.9. The van der Waals surface area contributed by atoms with Crippen LogP contribution in [-0.4, -0.2) is 126 Å². The molecule has 4 rings (SSSR count). The first-order chi connectivity index (χ1) is 22.6. The maximum absolute atomic E-state index is 11.9. The van der Waals surface area contributed by atoms with Gasteiger partial charge in [-0.3, -0.25) is 4.79 Å². The summed E-state index contributed by atoms with van der Waals surface area (Å²) >= 11 is 0. The predicted molar refractivity (Wildman–Crippen MR) is 174 cm³/mol. The highest BCUT2D eigenvalue weighted by Crippen LogP contribution is 2.39. The molecule has 2 heterocycles. The molecular formula is C34H63N3O10. The molecule has 0 spiro atoms. The number of carbonyl (C=O) groups is 1. The van der Waals surface area contributed by atoms with Gasteiger partial charge in [-0.2, -0.15) is 0 Å². The van der Waals surface area contributed by atoms with Crippen molar-refractivity contribution in [2.75, 3.05) is 33.6 Å². The number of ether oxygens (including phenoxy) is 4. The zero-order valence-electron chi connectivity index (χ0n) is 28.5. The highest BCUT2D eigenvalue weighted by Gasteiger charge is 2.44. The molecule has 9 N–H and O–H groups in total. The maximum atomic E-state index is 11.9. The largest absolute Gasteiger partial charge is 0.481 e. The molecule has 2 aliphatic carbocycles. The third-order valence-electron chi connectivity index (χ3n) is 11.3. The van der Waals surface area contributed by atoms with Crippen LogP contribution in [0.2, 0.25) is 0 Å². The molecule has 0 amide bonds. The number of aliphatic hydroxyl groups is 4. The van der Waals surface area contributed by atoms with Gasteiger partial charge >= 0.3 is 5.97 Å². The van der Waals surface area contributed by atoms with Crippen molar-refractivity contribution in [2.24, 2.45) is 29.4 Å². The number of aliphatic carboxylic acids is 1. The van der Waals surface area contributed by atoms with E-state index >= 15 is 0 Å². The summed E-state index contributed by atoms with van der Waals surface area (Å²) in [6.45, 7) is 3.35. The molecular weight excluding hydrogens is 610 g/mol. The highest BCUT2D eigenvalue weighted by molar-refractivity contribution is 5.67. The second-order valence-electron chi connectivity index (χ2n) is 14.7. The first-order valence-electron chi connectivity index (χ1n) is 18.1. The topological polar surface area (TPSA) is 205 Å². The number of hydrogen-bond acceptors (Lipinski definition) is 12. The Morgan fingerprint density at radius 1 is 0.979 bits per heavy atom. The zero-order chi connectivity index (χ0) is 33.9. The Labute approximate surface area is 280 Å². The molecule has 4 aliphatic rings. The number of likely N-dealkylation sites (N-methyl/N-ethyl adjacent to an activating group) is 1. The summed E-state index contributed by atoms with van der Waals surface area (Å²) in [5.74, 6) is -0.273.